The maximum Gasteiger partial charge on any atom is 0.248 e. The lowest BCUT2D eigenvalue weighted by Gasteiger charge is -2.37. The van der Waals surface area contributed by atoms with E-state index in [4.69, 9.17) is 4.74 Å². The van der Waals surface area contributed by atoms with Crippen LogP contribution in [0.5, 0.6) is 0 Å². The van der Waals surface area contributed by atoms with Crippen molar-refractivity contribution in [2.45, 2.75) is 89.4 Å². The number of fused-ring (bicyclic) bond motifs is 1. The van der Waals surface area contributed by atoms with Gasteiger partial charge in [0.05, 0.1) is 17.9 Å². The fourth-order valence-corrected chi connectivity index (χ4v) is 6.63. The van der Waals surface area contributed by atoms with E-state index in [-0.39, 0.29) is 30.4 Å². The van der Waals surface area contributed by atoms with Crippen LogP contribution >= 0.6 is 0 Å². The van der Waals surface area contributed by atoms with Gasteiger partial charge in [-0.2, -0.15) is 0 Å². The molecule has 0 radical (unpaired) electrons. The lowest BCUT2D eigenvalue weighted by atomic mass is 9.70. The standard InChI is InChI=1S/C29H47N3O5/c1-5-9-11-19-31(18-8-4)28(36)25-29-15-14-22(37-29)23(26(34)30(16-6-2)17-7-3)24(29)27(35)32(25)20-12-10-13-21-33/h6,8,22-25,33H,2,4-5,7,9-21H2,1,3H3/t22-,23+,24+,25?,29?/m1/s1. The third-order valence-corrected chi connectivity index (χ3v) is 8.22. The average Bonchev–Trinajstić information content (AvgIpc) is 3.53. The van der Waals surface area contributed by atoms with Crippen LogP contribution in [0.2, 0.25) is 0 Å². The molecule has 37 heavy (non-hydrogen) atoms. The summed E-state index contributed by atoms with van der Waals surface area (Å²) in [6, 6.07) is -0.734. The number of likely N-dealkylation sites (tertiary alicyclic amines) is 1. The smallest absolute Gasteiger partial charge is 0.248 e. The van der Waals surface area contributed by atoms with E-state index in [0.717, 1.165) is 32.1 Å². The third kappa shape index (κ3) is 5.80. The summed E-state index contributed by atoms with van der Waals surface area (Å²) >= 11 is 0. The molecule has 0 aromatic carbocycles. The summed E-state index contributed by atoms with van der Waals surface area (Å²) in [6.07, 6.45) is 10.3. The molecule has 3 fully saturated rings. The van der Waals surface area contributed by atoms with Gasteiger partial charge in [-0.15, -0.1) is 13.2 Å². The lowest BCUT2D eigenvalue weighted by Crippen LogP contribution is -2.56. The minimum absolute atomic E-state index is 0.0640. The second kappa shape index (κ2) is 13.6. The number of carbonyl (C=O) groups excluding carboxylic acids is 3. The predicted octanol–water partition coefficient (Wildman–Crippen LogP) is 3.15. The topological polar surface area (TPSA) is 90.4 Å². The van der Waals surface area contributed by atoms with Crippen LogP contribution in [0.1, 0.15) is 71.6 Å². The van der Waals surface area contributed by atoms with Crippen LogP contribution < -0.4 is 0 Å². The molecule has 8 nitrogen and oxygen atoms in total. The molecule has 3 aliphatic heterocycles. The number of unbranched alkanes of at least 4 members (excludes halogenated alkanes) is 4. The van der Waals surface area contributed by atoms with Crippen molar-refractivity contribution in [3.05, 3.63) is 25.3 Å². The quantitative estimate of drug-likeness (QED) is 0.236. The molecule has 0 saturated carbocycles. The molecule has 3 heterocycles. The van der Waals surface area contributed by atoms with Crippen LogP contribution in [0.4, 0.5) is 0 Å². The second-order valence-corrected chi connectivity index (χ2v) is 10.7. The van der Waals surface area contributed by atoms with Crippen molar-refractivity contribution in [2.24, 2.45) is 11.8 Å². The van der Waals surface area contributed by atoms with Crippen molar-refractivity contribution >= 4 is 17.7 Å². The minimum Gasteiger partial charge on any atom is -0.396 e. The van der Waals surface area contributed by atoms with Gasteiger partial charge in [-0.05, 0) is 44.9 Å². The Bertz CT molecular complexity index is 832. The normalized spacial score (nSPS) is 27.9. The Labute approximate surface area is 222 Å². The summed E-state index contributed by atoms with van der Waals surface area (Å²) in [6.45, 7) is 14.4. The first-order valence-electron chi connectivity index (χ1n) is 14.3. The summed E-state index contributed by atoms with van der Waals surface area (Å²) in [5, 5.41) is 9.22. The largest absolute Gasteiger partial charge is 0.396 e. The summed E-state index contributed by atoms with van der Waals surface area (Å²) < 4.78 is 6.59. The summed E-state index contributed by atoms with van der Waals surface area (Å²) in [5.41, 5.74) is -0.966. The van der Waals surface area contributed by atoms with Crippen LogP contribution in [0, 0.1) is 11.8 Å². The molecule has 3 amide bonds. The Morgan fingerprint density at radius 2 is 1.73 bits per heavy atom. The molecule has 0 aliphatic carbocycles. The van der Waals surface area contributed by atoms with Gasteiger partial charge in [-0.3, -0.25) is 14.4 Å². The van der Waals surface area contributed by atoms with Crippen molar-refractivity contribution < 1.29 is 24.2 Å². The Morgan fingerprint density at radius 3 is 2.35 bits per heavy atom. The monoisotopic (exact) mass is 517 g/mol. The molecular weight excluding hydrogens is 470 g/mol. The average molecular weight is 518 g/mol. The first kappa shape index (κ1) is 29.4. The molecule has 3 saturated heterocycles. The van der Waals surface area contributed by atoms with E-state index in [1.807, 2.05) is 11.8 Å². The third-order valence-electron chi connectivity index (χ3n) is 8.22. The molecule has 5 atom stereocenters. The molecule has 3 aliphatic rings. The Morgan fingerprint density at radius 1 is 1.03 bits per heavy atom. The van der Waals surface area contributed by atoms with Crippen LogP contribution in [0.3, 0.4) is 0 Å². The van der Waals surface area contributed by atoms with Crippen molar-refractivity contribution in [3.63, 3.8) is 0 Å². The first-order valence-corrected chi connectivity index (χ1v) is 14.3. The number of aliphatic hydroxyl groups excluding tert-OH is 1. The predicted molar refractivity (Wildman–Crippen MR) is 144 cm³/mol. The van der Waals surface area contributed by atoms with Gasteiger partial charge in [0.25, 0.3) is 0 Å². The number of carbonyl (C=O) groups is 3. The van der Waals surface area contributed by atoms with Crippen molar-refractivity contribution in [3.8, 4) is 0 Å². The summed E-state index contributed by atoms with van der Waals surface area (Å²) in [7, 11) is 0. The van der Waals surface area contributed by atoms with Crippen LogP contribution in [0.15, 0.2) is 25.3 Å². The number of amides is 3. The molecule has 2 unspecified atom stereocenters. The molecule has 8 heteroatoms. The van der Waals surface area contributed by atoms with Gasteiger partial charge < -0.3 is 24.5 Å². The molecule has 1 spiro atoms. The SMILES string of the molecule is C=CCN(CCCCC)C(=O)C1N(CCCCCO)C(=O)[C@@H]2[C@@H](C(=O)N(CC=C)CCC)[C@H]3CCC12O3. The molecule has 3 rings (SSSR count). The maximum absolute atomic E-state index is 14.2. The van der Waals surface area contributed by atoms with Crippen LogP contribution in [0.25, 0.3) is 0 Å². The Kier molecular flexibility index (Phi) is 10.8. The zero-order valence-corrected chi connectivity index (χ0v) is 22.9. The highest BCUT2D eigenvalue weighted by molar-refractivity contribution is 5.99. The van der Waals surface area contributed by atoms with E-state index < -0.39 is 23.5 Å². The first-order chi connectivity index (χ1) is 17.9. The molecular formula is C29H47N3O5. The molecule has 208 valence electrons. The van der Waals surface area contributed by atoms with Crippen LogP contribution in [-0.2, 0) is 19.1 Å². The number of rotatable bonds is 17. The number of hydrogen-bond donors (Lipinski definition) is 1. The van der Waals surface area contributed by atoms with Crippen molar-refractivity contribution in [1.82, 2.24) is 14.7 Å². The highest BCUT2D eigenvalue weighted by atomic mass is 16.5. The van der Waals surface area contributed by atoms with Crippen LogP contribution in [-0.4, -0.2) is 94.6 Å². The molecule has 0 aromatic heterocycles. The zero-order valence-electron chi connectivity index (χ0n) is 22.9. The van der Waals surface area contributed by atoms with E-state index in [1.165, 1.54) is 0 Å². The van der Waals surface area contributed by atoms with Gasteiger partial charge in [0.15, 0.2) is 0 Å². The summed E-state index contributed by atoms with van der Waals surface area (Å²) in [5.74, 6) is -1.51. The number of hydrogen-bond acceptors (Lipinski definition) is 5. The number of ether oxygens (including phenoxy) is 1. The highest BCUT2D eigenvalue weighted by Crippen LogP contribution is 2.59. The van der Waals surface area contributed by atoms with Gasteiger partial charge in [-0.25, -0.2) is 0 Å². The van der Waals surface area contributed by atoms with E-state index >= 15 is 0 Å². The highest BCUT2D eigenvalue weighted by Gasteiger charge is 2.74. The van der Waals surface area contributed by atoms with Gasteiger partial charge in [-0.1, -0.05) is 38.8 Å². The Balaban J connectivity index is 1.95. The van der Waals surface area contributed by atoms with E-state index in [1.54, 1.807) is 22.0 Å². The minimum atomic E-state index is -0.966. The zero-order chi connectivity index (χ0) is 27.0. The molecule has 2 bridgehead atoms. The Hall–Kier alpha value is -2.19. The van der Waals surface area contributed by atoms with Gasteiger partial charge in [0.2, 0.25) is 17.7 Å². The van der Waals surface area contributed by atoms with E-state index in [9.17, 15) is 19.5 Å². The second-order valence-electron chi connectivity index (χ2n) is 10.7. The van der Waals surface area contributed by atoms with E-state index in [2.05, 4.69) is 20.1 Å². The van der Waals surface area contributed by atoms with Crippen molar-refractivity contribution in [1.29, 1.82) is 0 Å². The fraction of sp³-hybridized carbons (Fsp3) is 0.759. The van der Waals surface area contributed by atoms with Crippen molar-refractivity contribution in [2.75, 3.05) is 39.3 Å². The van der Waals surface area contributed by atoms with Gasteiger partial charge in [0.1, 0.15) is 11.6 Å². The number of aliphatic hydroxyl groups is 1. The van der Waals surface area contributed by atoms with Gasteiger partial charge >= 0.3 is 0 Å². The lowest BCUT2D eigenvalue weighted by molar-refractivity contribution is -0.148. The summed E-state index contributed by atoms with van der Waals surface area (Å²) in [4.78, 5) is 47.3. The molecule has 1 N–H and O–H groups in total. The van der Waals surface area contributed by atoms with E-state index in [0.29, 0.717) is 58.4 Å². The molecule has 0 aromatic rings. The maximum atomic E-state index is 14.2. The number of nitrogens with zero attached hydrogens (tertiary/aromatic N) is 3. The fourth-order valence-electron chi connectivity index (χ4n) is 6.63. The van der Waals surface area contributed by atoms with Gasteiger partial charge in [0, 0.05) is 39.3 Å².